The number of anilines is 1. The molecule has 176 valence electrons. The van der Waals surface area contributed by atoms with Crippen LogP contribution >= 0.6 is 23.4 Å². The van der Waals surface area contributed by atoms with Crippen molar-refractivity contribution in [2.45, 2.75) is 31.1 Å². The first-order chi connectivity index (χ1) is 17.0. The van der Waals surface area contributed by atoms with Crippen LogP contribution in [0.4, 0.5) is 5.69 Å². The molecule has 35 heavy (non-hydrogen) atoms. The number of hydrazone groups is 1. The summed E-state index contributed by atoms with van der Waals surface area (Å²) in [6, 6.07) is 25.1. The van der Waals surface area contributed by atoms with E-state index in [0.29, 0.717) is 22.3 Å². The fourth-order valence-corrected chi connectivity index (χ4v) is 5.33. The average molecular weight is 503 g/mol. The molecule has 2 heterocycles. The molecule has 0 radical (unpaired) electrons. The Morgan fingerprint density at radius 1 is 1.09 bits per heavy atom. The van der Waals surface area contributed by atoms with Crippen LogP contribution in [0, 0.1) is 6.92 Å². The number of carbonyl (C=O) groups excluding carboxylic acids is 2. The molecule has 0 unspecified atom stereocenters. The first-order valence-corrected chi connectivity index (χ1v) is 12.6. The fraction of sp³-hybridized carbons (Fsp3) is 0.185. The van der Waals surface area contributed by atoms with E-state index in [-0.39, 0.29) is 24.3 Å². The van der Waals surface area contributed by atoms with Crippen LogP contribution in [0.5, 0.6) is 0 Å². The van der Waals surface area contributed by atoms with Crippen LogP contribution in [0.15, 0.2) is 89.0 Å². The Morgan fingerprint density at radius 3 is 2.60 bits per heavy atom. The lowest BCUT2D eigenvalue weighted by atomic mass is 9.99. The minimum absolute atomic E-state index is 0.0408. The highest BCUT2D eigenvalue weighted by molar-refractivity contribution is 8.15. The van der Waals surface area contributed by atoms with E-state index >= 15 is 0 Å². The van der Waals surface area contributed by atoms with E-state index in [4.69, 9.17) is 16.7 Å². The van der Waals surface area contributed by atoms with Crippen molar-refractivity contribution in [2.75, 3.05) is 5.32 Å². The van der Waals surface area contributed by atoms with Gasteiger partial charge in [-0.1, -0.05) is 78.0 Å². The van der Waals surface area contributed by atoms with E-state index in [1.54, 1.807) is 0 Å². The van der Waals surface area contributed by atoms with Crippen LogP contribution < -0.4 is 5.32 Å². The Morgan fingerprint density at radius 2 is 1.86 bits per heavy atom. The minimum Gasteiger partial charge on any atom is -0.326 e. The number of halogens is 1. The van der Waals surface area contributed by atoms with E-state index in [1.807, 2.05) is 90.8 Å². The van der Waals surface area contributed by atoms with Gasteiger partial charge in [0.15, 0.2) is 5.17 Å². The number of rotatable bonds is 5. The third-order valence-electron chi connectivity index (χ3n) is 5.87. The molecule has 0 bridgehead atoms. The van der Waals surface area contributed by atoms with Crippen molar-refractivity contribution < 1.29 is 9.59 Å². The summed E-state index contributed by atoms with van der Waals surface area (Å²) in [7, 11) is 0. The molecule has 3 aromatic carbocycles. The molecule has 5 rings (SSSR count). The second-order valence-electron chi connectivity index (χ2n) is 8.49. The highest BCUT2D eigenvalue weighted by Crippen LogP contribution is 2.38. The topological polar surface area (TPSA) is 74.1 Å². The molecule has 2 amide bonds. The van der Waals surface area contributed by atoms with E-state index in [1.165, 1.54) is 11.8 Å². The van der Waals surface area contributed by atoms with Gasteiger partial charge < -0.3 is 5.32 Å². The molecular formula is C27H23ClN4O2S. The predicted octanol–water partition coefficient (Wildman–Crippen LogP) is 5.83. The first kappa shape index (κ1) is 23.3. The maximum absolute atomic E-state index is 12.7. The van der Waals surface area contributed by atoms with Gasteiger partial charge in [0.05, 0.1) is 11.8 Å². The smallest absolute Gasteiger partial charge is 0.262 e. The van der Waals surface area contributed by atoms with Crippen LogP contribution in [0.2, 0.25) is 5.02 Å². The normalized spacial score (nSPS) is 19.5. The van der Waals surface area contributed by atoms with Gasteiger partial charge in [-0.2, -0.15) is 10.1 Å². The summed E-state index contributed by atoms with van der Waals surface area (Å²) in [6.45, 7) is 1.96. The summed E-state index contributed by atoms with van der Waals surface area (Å²) >= 11 is 7.40. The van der Waals surface area contributed by atoms with Crippen molar-refractivity contribution in [1.29, 1.82) is 0 Å². The number of amidine groups is 1. The zero-order valence-electron chi connectivity index (χ0n) is 19.0. The number of amides is 2. The van der Waals surface area contributed by atoms with Crippen LogP contribution in [-0.4, -0.2) is 33.0 Å². The summed E-state index contributed by atoms with van der Waals surface area (Å²) in [4.78, 5) is 29.7. The van der Waals surface area contributed by atoms with Gasteiger partial charge in [-0.15, -0.1) is 0 Å². The molecule has 0 saturated heterocycles. The molecule has 0 fully saturated rings. The Labute approximate surface area is 213 Å². The van der Waals surface area contributed by atoms with Crippen molar-refractivity contribution in [3.63, 3.8) is 0 Å². The van der Waals surface area contributed by atoms with Gasteiger partial charge in [-0.05, 0) is 47.9 Å². The van der Waals surface area contributed by atoms with Crippen molar-refractivity contribution in [2.24, 2.45) is 10.1 Å². The molecule has 6 nitrogen and oxygen atoms in total. The van der Waals surface area contributed by atoms with Crippen molar-refractivity contribution in [3.8, 4) is 0 Å². The van der Waals surface area contributed by atoms with Gasteiger partial charge in [0.1, 0.15) is 5.25 Å². The standard InChI is InChI=1S/C27H23ClN4O2S/c1-17-6-5-9-21(14-17)29-25(33)16-24-26(34)30-27(35-24)32-23(19-10-12-20(28)13-11-19)15-22(31-32)18-7-3-2-4-8-18/h2-14,23-24H,15-16H2,1H3,(H,29,33)/t23-,24-/m0/s1. The van der Waals surface area contributed by atoms with E-state index in [9.17, 15) is 9.59 Å². The lowest BCUT2D eigenvalue weighted by Gasteiger charge is -2.23. The number of benzene rings is 3. The molecule has 1 N–H and O–H groups in total. The van der Waals surface area contributed by atoms with Crippen LogP contribution in [-0.2, 0) is 9.59 Å². The van der Waals surface area contributed by atoms with E-state index < -0.39 is 5.25 Å². The highest BCUT2D eigenvalue weighted by Gasteiger charge is 2.39. The van der Waals surface area contributed by atoms with Crippen molar-refractivity contribution in [3.05, 3.63) is 101 Å². The Kier molecular flexibility index (Phi) is 6.70. The van der Waals surface area contributed by atoms with Gasteiger partial charge in [0, 0.05) is 23.6 Å². The average Bonchev–Trinajstić information content (AvgIpc) is 3.44. The monoisotopic (exact) mass is 502 g/mol. The Hall–Kier alpha value is -3.42. The number of carbonyl (C=O) groups is 2. The summed E-state index contributed by atoms with van der Waals surface area (Å²) < 4.78 is 0. The van der Waals surface area contributed by atoms with Gasteiger partial charge in [0.2, 0.25) is 5.91 Å². The van der Waals surface area contributed by atoms with Crippen molar-refractivity contribution >= 4 is 51.7 Å². The number of aliphatic imine (C=N–C) groups is 1. The zero-order valence-corrected chi connectivity index (χ0v) is 20.6. The first-order valence-electron chi connectivity index (χ1n) is 11.3. The van der Waals surface area contributed by atoms with Gasteiger partial charge >= 0.3 is 0 Å². The lowest BCUT2D eigenvalue weighted by molar-refractivity contribution is -0.121. The second kappa shape index (κ2) is 10.1. The number of hydrogen-bond acceptors (Lipinski definition) is 5. The second-order valence-corrected chi connectivity index (χ2v) is 10.1. The third-order valence-corrected chi connectivity index (χ3v) is 7.26. The summed E-state index contributed by atoms with van der Waals surface area (Å²) in [5.41, 5.74) is 4.74. The largest absolute Gasteiger partial charge is 0.326 e. The van der Waals surface area contributed by atoms with Crippen LogP contribution in [0.3, 0.4) is 0 Å². The molecule has 0 aliphatic carbocycles. The molecule has 2 aliphatic rings. The molecular weight excluding hydrogens is 480 g/mol. The van der Waals surface area contributed by atoms with Gasteiger partial charge in [-0.3, -0.25) is 9.59 Å². The number of nitrogens with zero attached hydrogens (tertiary/aromatic N) is 3. The summed E-state index contributed by atoms with van der Waals surface area (Å²) in [5, 5.41) is 10.1. The summed E-state index contributed by atoms with van der Waals surface area (Å²) in [6.07, 6.45) is 0.705. The molecule has 0 aromatic heterocycles. The third kappa shape index (κ3) is 5.31. The van der Waals surface area contributed by atoms with Gasteiger partial charge in [-0.25, -0.2) is 5.01 Å². The van der Waals surface area contributed by atoms with Crippen molar-refractivity contribution in [1.82, 2.24) is 5.01 Å². The molecule has 0 saturated carbocycles. The molecule has 0 spiro atoms. The maximum atomic E-state index is 12.7. The van der Waals surface area contributed by atoms with Crippen LogP contribution in [0.25, 0.3) is 0 Å². The molecule has 3 aromatic rings. The van der Waals surface area contributed by atoms with Crippen LogP contribution in [0.1, 0.15) is 35.6 Å². The number of aryl methyl sites for hydroxylation is 1. The number of nitrogens with one attached hydrogen (secondary N) is 1. The maximum Gasteiger partial charge on any atom is 0.262 e. The van der Waals surface area contributed by atoms with Gasteiger partial charge in [0.25, 0.3) is 5.91 Å². The van der Waals surface area contributed by atoms with E-state index in [0.717, 1.165) is 22.4 Å². The molecule has 8 heteroatoms. The lowest BCUT2D eigenvalue weighted by Crippen LogP contribution is -2.25. The quantitative estimate of drug-likeness (QED) is 0.476. The van der Waals surface area contributed by atoms with E-state index in [2.05, 4.69) is 10.3 Å². The predicted molar refractivity (Wildman–Crippen MR) is 142 cm³/mol. The Balaban J connectivity index is 1.34. The number of hydrogen-bond donors (Lipinski definition) is 1. The Bertz CT molecular complexity index is 1320. The minimum atomic E-state index is -0.586. The number of thioether (sulfide) groups is 1. The molecule has 2 aliphatic heterocycles. The molecule has 2 atom stereocenters. The zero-order chi connectivity index (χ0) is 24.4. The summed E-state index contributed by atoms with van der Waals surface area (Å²) in [5.74, 6) is -0.537. The SMILES string of the molecule is Cc1cccc(NC(=O)C[C@@H]2SC(N3N=C(c4ccccc4)C[C@H]3c3ccc(Cl)cc3)=NC2=O)c1. The fourth-order valence-electron chi connectivity index (χ4n) is 4.14. The highest BCUT2D eigenvalue weighted by atomic mass is 35.5.